The highest BCUT2D eigenvalue weighted by Crippen LogP contribution is 2.35. The summed E-state index contributed by atoms with van der Waals surface area (Å²) in [5, 5.41) is 12.2. The third-order valence-corrected chi connectivity index (χ3v) is 3.76. The second-order valence-electron chi connectivity index (χ2n) is 5.04. The van der Waals surface area contributed by atoms with Gasteiger partial charge in [0.25, 0.3) is 0 Å². The summed E-state index contributed by atoms with van der Waals surface area (Å²) in [5.41, 5.74) is -0.782. The van der Waals surface area contributed by atoms with Crippen molar-refractivity contribution in [1.29, 1.82) is 0 Å². The summed E-state index contributed by atoms with van der Waals surface area (Å²) in [6.07, 6.45) is 2.79. The minimum Gasteiger partial charge on any atom is -0.481 e. The lowest BCUT2D eigenvalue weighted by atomic mass is 9.76. The molecule has 0 aliphatic carbocycles. The number of nitrogens with one attached hydrogen (secondary N) is 1. The smallest absolute Gasteiger partial charge is 0.317 e. The number of urea groups is 1. The Balaban J connectivity index is 2.69. The van der Waals surface area contributed by atoms with E-state index in [0.717, 1.165) is 12.8 Å². The SMILES string of the molecule is C=C(Br)CNC(=O)N1CCCC(CCC)(C(=O)O)C1. The number of amides is 2. The first-order chi connectivity index (χ1) is 8.91. The molecule has 0 spiro atoms. The van der Waals surface area contributed by atoms with Gasteiger partial charge in [-0.3, -0.25) is 4.79 Å². The lowest BCUT2D eigenvalue weighted by molar-refractivity contribution is -0.152. The monoisotopic (exact) mass is 332 g/mol. The molecule has 2 N–H and O–H groups in total. The van der Waals surface area contributed by atoms with Gasteiger partial charge in [0.05, 0.1) is 12.0 Å². The van der Waals surface area contributed by atoms with Crippen LogP contribution < -0.4 is 5.32 Å². The van der Waals surface area contributed by atoms with Gasteiger partial charge in [0, 0.05) is 17.6 Å². The van der Waals surface area contributed by atoms with Crippen molar-refractivity contribution >= 4 is 27.9 Å². The molecule has 108 valence electrons. The minimum atomic E-state index is -0.795. The number of hydrogen-bond acceptors (Lipinski definition) is 2. The predicted molar refractivity (Wildman–Crippen MR) is 77.2 cm³/mol. The fourth-order valence-electron chi connectivity index (χ4n) is 2.55. The Bertz CT molecular complexity index is 369. The highest BCUT2D eigenvalue weighted by Gasteiger charge is 2.42. The molecule has 19 heavy (non-hydrogen) atoms. The Kier molecular flexibility index (Phi) is 5.85. The van der Waals surface area contributed by atoms with Crippen LogP contribution in [-0.4, -0.2) is 41.6 Å². The topological polar surface area (TPSA) is 69.6 Å². The van der Waals surface area contributed by atoms with Crippen LogP contribution in [0.5, 0.6) is 0 Å². The van der Waals surface area contributed by atoms with Crippen LogP contribution in [0.25, 0.3) is 0 Å². The largest absolute Gasteiger partial charge is 0.481 e. The first kappa shape index (κ1) is 16.0. The number of halogens is 1. The average molecular weight is 333 g/mol. The number of carbonyl (C=O) groups excluding carboxylic acids is 1. The Hall–Kier alpha value is -1.04. The number of nitrogens with zero attached hydrogens (tertiary/aromatic N) is 1. The number of aliphatic carboxylic acids is 1. The Morgan fingerprint density at radius 1 is 1.53 bits per heavy atom. The van der Waals surface area contributed by atoms with E-state index in [9.17, 15) is 14.7 Å². The van der Waals surface area contributed by atoms with Crippen molar-refractivity contribution in [3.05, 3.63) is 11.1 Å². The second kappa shape index (κ2) is 6.93. The molecule has 1 atom stereocenters. The van der Waals surface area contributed by atoms with Crippen molar-refractivity contribution in [1.82, 2.24) is 10.2 Å². The van der Waals surface area contributed by atoms with E-state index in [1.807, 2.05) is 6.92 Å². The Labute approximate surface area is 122 Å². The van der Waals surface area contributed by atoms with Crippen LogP contribution in [0.15, 0.2) is 11.1 Å². The fraction of sp³-hybridized carbons (Fsp3) is 0.692. The molecular formula is C13H21BrN2O3. The summed E-state index contributed by atoms with van der Waals surface area (Å²) < 4.78 is 0.691. The van der Waals surface area contributed by atoms with Gasteiger partial charge in [-0.05, 0) is 19.3 Å². The van der Waals surface area contributed by atoms with E-state index in [0.29, 0.717) is 30.4 Å². The lowest BCUT2D eigenvalue weighted by Crippen LogP contribution is -2.52. The van der Waals surface area contributed by atoms with Gasteiger partial charge in [0.1, 0.15) is 0 Å². The van der Waals surface area contributed by atoms with Crippen molar-refractivity contribution in [2.45, 2.75) is 32.6 Å². The second-order valence-corrected chi connectivity index (χ2v) is 6.16. The van der Waals surface area contributed by atoms with Crippen molar-refractivity contribution < 1.29 is 14.7 Å². The zero-order chi connectivity index (χ0) is 14.5. The molecule has 1 rings (SSSR count). The lowest BCUT2D eigenvalue weighted by Gasteiger charge is -2.39. The summed E-state index contributed by atoms with van der Waals surface area (Å²) in [6, 6.07) is -0.220. The summed E-state index contributed by atoms with van der Waals surface area (Å²) in [6.45, 7) is 6.87. The van der Waals surface area contributed by atoms with Crippen LogP contribution in [0, 0.1) is 5.41 Å². The van der Waals surface area contributed by atoms with Gasteiger partial charge < -0.3 is 15.3 Å². The maximum absolute atomic E-state index is 12.0. The van der Waals surface area contributed by atoms with Crippen LogP contribution in [-0.2, 0) is 4.79 Å². The average Bonchev–Trinajstić information content (AvgIpc) is 2.36. The number of hydrogen-bond donors (Lipinski definition) is 2. The number of carbonyl (C=O) groups is 2. The molecule has 5 nitrogen and oxygen atoms in total. The van der Waals surface area contributed by atoms with Crippen molar-refractivity contribution in [3.63, 3.8) is 0 Å². The molecule has 0 saturated carbocycles. The number of carboxylic acid groups (broad SMARTS) is 1. The first-order valence-corrected chi connectivity index (χ1v) is 7.30. The van der Waals surface area contributed by atoms with Gasteiger partial charge in [0.15, 0.2) is 0 Å². The molecule has 0 bridgehead atoms. The van der Waals surface area contributed by atoms with Gasteiger partial charge in [-0.25, -0.2) is 4.79 Å². The number of likely N-dealkylation sites (tertiary alicyclic amines) is 1. The highest BCUT2D eigenvalue weighted by atomic mass is 79.9. The molecule has 6 heteroatoms. The first-order valence-electron chi connectivity index (χ1n) is 6.51. The van der Waals surface area contributed by atoms with Crippen LogP contribution in [0.2, 0.25) is 0 Å². The number of carboxylic acids is 1. The quantitative estimate of drug-likeness (QED) is 0.812. The summed E-state index contributed by atoms with van der Waals surface area (Å²) >= 11 is 3.18. The Morgan fingerprint density at radius 2 is 2.21 bits per heavy atom. The zero-order valence-electron chi connectivity index (χ0n) is 11.2. The van der Waals surface area contributed by atoms with E-state index in [4.69, 9.17) is 0 Å². The summed E-state index contributed by atoms with van der Waals surface area (Å²) in [5.74, 6) is -0.795. The van der Waals surface area contributed by atoms with Gasteiger partial charge in [-0.15, -0.1) is 0 Å². The third-order valence-electron chi connectivity index (χ3n) is 3.48. The maximum Gasteiger partial charge on any atom is 0.317 e. The third kappa shape index (κ3) is 4.23. The van der Waals surface area contributed by atoms with E-state index in [2.05, 4.69) is 27.8 Å². The number of rotatable bonds is 5. The molecule has 1 aliphatic rings. The number of piperidine rings is 1. The highest BCUT2D eigenvalue weighted by molar-refractivity contribution is 9.11. The standard InChI is InChI=1S/C13H21BrN2O3/c1-3-5-13(11(17)18)6-4-7-16(9-13)12(19)15-8-10(2)14/h2-9H2,1H3,(H,15,19)(H,17,18). The maximum atomic E-state index is 12.0. The van der Waals surface area contributed by atoms with E-state index in [1.54, 1.807) is 4.90 Å². The molecule has 0 aromatic carbocycles. The van der Waals surface area contributed by atoms with E-state index >= 15 is 0 Å². The van der Waals surface area contributed by atoms with Crippen LogP contribution in [0.4, 0.5) is 4.79 Å². The molecule has 1 fully saturated rings. The predicted octanol–water partition coefficient (Wildman–Crippen LogP) is 2.57. The van der Waals surface area contributed by atoms with E-state index in [1.165, 1.54) is 0 Å². The molecule has 0 radical (unpaired) electrons. The van der Waals surface area contributed by atoms with Gasteiger partial charge >= 0.3 is 12.0 Å². The minimum absolute atomic E-state index is 0.220. The molecule has 1 saturated heterocycles. The normalized spacial score (nSPS) is 22.9. The van der Waals surface area contributed by atoms with Gasteiger partial charge in [0.2, 0.25) is 0 Å². The van der Waals surface area contributed by atoms with Gasteiger partial charge in [-0.1, -0.05) is 35.9 Å². The molecule has 0 aromatic heterocycles. The molecule has 1 aliphatic heterocycles. The molecule has 0 aromatic rings. The molecule has 2 amide bonds. The van der Waals surface area contributed by atoms with E-state index < -0.39 is 11.4 Å². The van der Waals surface area contributed by atoms with Crippen LogP contribution in [0.1, 0.15) is 32.6 Å². The molecule has 1 heterocycles. The summed E-state index contributed by atoms with van der Waals surface area (Å²) in [7, 11) is 0. The molecule has 1 unspecified atom stereocenters. The van der Waals surface area contributed by atoms with Crippen molar-refractivity contribution in [2.24, 2.45) is 5.41 Å². The zero-order valence-corrected chi connectivity index (χ0v) is 12.8. The molecular weight excluding hydrogens is 312 g/mol. The Morgan fingerprint density at radius 3 is 2.74 bits per heavy atom. The van der Waals surface area contributed by atoms with E-state index in [-0.39, 0.29) is 12.6 Å². The van der Waals surface area contributed by atoms with Gasteiger partial charge in [-0.2, -0.15) is 0 Å². The van der Waals surface area contributed by atoms with Crippen molar-refractivity contribution in [3.8, 4) is 0 Å². The van der Waals surface area contributed by atoms with Crippen molar-refractivity contribution in [2.75, 3.05) is 19.6 Å². The fourth-order valence-corrected chi connectivity index (χ4v) is 2.69. The summed E-state index contributed by atoms with van der Waals surface area (Å²) in [4.78, 5) is 25.1. The van der Waals surface area contributed by atoms with Crippen LogP contribution >= 0.6 is 15.9 Å². The van der Waals surface area contributed by atoms with Crippen LogP contribution in [0.3, 0.4) is 0 Å².